The fourth-order valence-electron chi connectivity index (χ4n) is 3.70. The highest BCUT2D eigenvalue weighted by Crippen LogP contribution is 2.26. The molecule has 0 unspecified atom stereocenters. The molecule has 1 saturated carbocycles. The lowest BCUT2D eigenvalue weighted by atomic mass is 10.2. The quantitative estimate of drug-likeness (QED) is 0.825. The second-order valence-corrected chi connectivity index (χ2v) is 7.24. The summed E-state index contributed by atoms with van der Waals surface area (Å²) in [6, 6.07) is 5.89. The average molecular weight is 350 g/mol. The zero-order valence-corrected chi connectivity index (χ0v) is 14.7. The Kier molecular flexibility index (Phi) is 5.41. The van der Waals surface area contributed by atoms with Gasteiger partial charge < -0.3 is 10.6 Å². The molecule has 0 aromatic heterocycles. The molecule has 6 heteroatoms. The van der Waals surface area contributed by atoms with Crippen molar-refractivity contribution in [1.82, 2.24) is 10.2 Å². The molecule has 0 radical (unpaired) electrons. The number of amides is 2. The standard InChI is InChI=1S/C18H24ClN3O2/c1-12-10-13(19)6-7-16(12)21-18(24)17(23)20-14-8-9-22(11-14)15-4-2-3-5-15/h6-7,10,14-15H,2-5,8-9,11H2,1H3,(H,20,23)(H,21,24)/t14-/m1/s1. The third-order valence-electron chi connectivity index (χ3n) is 5.04. The average Bonchev–Trinajstić information content (AvgIpc) is 3.20. The van der Waals surface area contributed by atoms with E-state index >= 15 is 0 Å². The van der Waals surface area contributed by atoms with Crippen molar-refractivity contribution in [2.24, 2.45) is 0 Å². The third-order valence-corrected chi connectivity index (χ3v) is 5.27. The van der Waals surface area contributed by atoms with E-state index in [0.717, 1.165) is 25.1 Å². The van der Waals surface area contributed by atoms with Crippen LogP contribution < -0.4 is 10.6 Å². The fraction of sp³-hybridized carbons (Fsp3) is 0.556. The lowest BCUT2D eigenvalue weighted by Gasteiger charge is -2.23. The Labute approximate surface area is 147 Å². The molecule has 0 bridgehead atoms. The van der Waals surface area contributed by atoms with Crippen LogP contribution in [0.3, 0.4) is 0 Å². The first kappa shape index (κ1) is 17.2. The number of hydrogen-bond donors (Lipinski definition) is 2. The van der Waals surface area contributed by atoms with E-state index in [2.05, 4.69) is 15.5 Å². The highest BCUT2D eigenvalue weighted by molar-refractivity contribution is 6.39. The smallest absolute Gasteiger partial charge is 0.313 e. The van der Waals surface area contributed by atoms with Gasteiger partial charge in [-0.05, 0) is 49.9 Å². The number of nitrogens with zero attached hydrogens (tertiary/aromatic N) is 1. The van der Waals surface area contributed by atoms with Crippen molar-refractivity contribution in [2.45, 2.75) is 51.1 Å². The number of likely N-dealkylation sites (tertiary alicyclic amines) is 1. The molecule has 0 spiro atoms. The molecule has 1 aromatic carbocycles. The first-order valence-electron chi connectivity index (χ1n) is 8.65. The lowest BCUT2D eigenvalue weighted by Crippen LogP contribution is -2.44. The molecule has 2 N–H and O–H groups in total. The van der Waals surface area contributed by atoms with E-state index in [9.17, 15) is 9.59 Å². The summed E-state index contributed by atoms with van der Waals surface area (Å²) in [6.07, 6.45) is 6.05. The molecule has 1 aliphatic carbocycles. The van der Waals surface area contributed by atoms with Crippen LogP contribution in [0.1, 0.15) is 37.7 Å². The molecule has 1 saturated heterocycles. The van der Waals surface area contributed by atoms with Gasteiger partial charge in [0.2, 0.25) is 0 Å². The van der Waals surface area contributed by atoms with Gasteiger partial charge in [-0.1, -0.05) is 24.4 Å². The SMILES string of the molecule is Cc1cc(Cl)ccc1NC(=O)C(=O)N[C@@H]1CCN(C2CCCC2)C1. The van der Waals surface area contributed by atoms with Crippen LogP contribution in [-0.2, 0) is 9.59 Å². The molecular formula is C18H24ClN3O2. The van der Waals surface area contributed by atoms with Gasteiger partial charge in [-0.25, -0.2) is 0 Å². The summed E-state index contributed by atoms with van der Waals surface area (Å²) >= 11 is 5.90. The summed E-state index contributed by atoms with van der Waals surface area (Å²) in [5.41, 5.74) is 1.44. The van der Waals surface area contributed by atoms with E-state index in [0.29, 0.717) is 16.8 Å². The minimum Gasteiger partial charge on any atom is -0.344 e. The van der Waals surface area contributed by atoms with Gasteiger partial charge in [0.1, 0.15) is 0 Å². The van der Waals surface area contributed by atoms with Crippen LogP contribution in [0.5, 0.6) is 0 Å². The first-order valence-corrected chi connectivity index (χ1v) is 9.03. The van der Waals surface area contributed by atoms with Crippen LogP contribution in [0.15, 0.2) is 18.2 Å². The fourth-order valence-corrected chi connectivity index (χ4v) is 3.93. The van der Waals surface area contributed by atoms with Crippen LogP contribution in [0, 0.1) is 6.92 Å². The topological polar surface area (TPSA) is 61.4 Å². The zero-order chi connectivity index (χ0) is 17.1. The third kappa shape index (κ3) is 4.08. The van der Waals surface area contributed by atoms with Crippen LogP contribution >= 0.6 is 11.6 Å². The minimum atomic E-state index is -0.625. The Morgan fingerprint density at radius 3 is 2.62 bits per heavy atom. The Morgan fingerprint density at radius 2 is 1.92 bits per heavy atom. The van der Waals surface area contributed by atoms with E-state index in [1.54, 1.807) is 18.2 Å². The largest absolute Gasteiger partial charge is 0.344 e. The Morgan fingerprint density at radius 1 is 1.17 bits per heavy atom. The number of aryl methyl sites for hydroxylation is 1. The van der Waals surface area contributed by atoms with Gasteiger partial charge in [-0.15, -0.1) is 0 Å². The van der Waals surface area contributed by atoms with Crippen molar-refractivity contribution in [2.75, 3.05) is 18.4 Å². The Hall–Kier alpha value is -1.59. The normalized spacial score (nSPS) is 21.8. The van der Waals surface area contributed by atoms with Crippen molar-refractivity contribution >= 4 is 29.1 Å². The second-order valence-electron chi connectivity index (χ2n) is 6.81. The van der Waals surface area contributed by atoms with E-state index in [1.807, 2.05) is 6.92 Å². The van der Waals surface area contributed by atoms with Gasteiger partial charge in [0, 0.05) is 35.9 Å². The second kappa shape index (κ2) is 7.53. The molecule has 2 amide bonds. The van der Waals surface area contributed by atoms with Gasteiger partial charge in [0.05, 0.1) is 0 Å². The summed E-state index contributed by atoms with van der Waals surface area (Å²) in [5.74, 6) is -1.19. The van der Waals surface area contributed by atoms with Crippen LogP contribution in [0.4, 0.5) is 5.69 Å². The van der Waals surface area contributed by atoms with Crippen molar-refractivity contribution in [3.05, 3.63) is 28.8 Å². The summed E-state index contributed by atoms with van der Waals surface area (Å²) in [6.45, 7) is 3.70. The van der Waals surface area contributed by atoms with Crippen molar-refractivity contribution < 1.29 is 9.59 Å². The van der Waals surface area contributed by atoms with Gasteiger partial charge in [0.15, 0.2) is 0 Å². The number of hydrogen-bond acceptors (Lipinski definition) is 3. The van der Waals surface area contributed by atoms with Crippen LogP contribution in [0.2, 0.25) is 5.02 Å². The number of rotatable bonds is 3. The monoisotopic (exact) mass is 349 g/mol. The number of carbonyl (C=O) groups is 2. The summed E-state index contributed by atoms with van der Waals surface area (Å²) < 4.78 is 0. The van der Waals surface area contributed by atoms with E-state index in [-0.39, 0.29) is 6.04 Å². The molecular weight excluding hydrogens is 326 g/mol. The van der Waals surface area contributed by atoms with Gasteiger partial charge in [-0.3, -0.25) is 14.5 Å². The number of nitrogens with one attached hydrogen (secondary N) is 2. The van der Waals surface area contributed by atoms with Crippen LogP contribution in [-0.4, -0.2) is 41.9 Å². The molecule has 24 heavy (non-hydrogen) atoms. The van der Waals surface area contributed by atoms with Gasteiger partial charge in [0.25, 0.3) is 0 Å². The van der Waals surface area contributed by atoms with Crippen molar-refractivity contribution in [3.63, 3.8) is 0 Å². The molecule has 1 aliphatic heterocycles. The van der Waals surface area contributed by atoms with Gasteiger partial charge >= 0.3 is 11.8 Å². The molecule has 3 rings (SSSR count). The van der Waals surface area contributed by atoms with Crippen molar-refractivity contribution in [3.8, 4) is 0 Å². The maximum Gasteiger partial charge on any atom is 0.313 e. The highest BCUT2D eigenvalue weighted by Gasteiger charge is 2.31. The summed E-state index contributed by atoms with van der Waals surface area (Å²) in [5, 5.41) is 6.12. The number of anilines is 1. The number of carbonyl (C=O) groups excluding carboxylic acids is 2. The summed E-state index contributed by atoms with van der Waals surface area (Å²) in [7, 11) is 0. The maximum absolute atomic E-state index is 12.1. The molecule has 5 nitrogen and oxygen atoms in total. The molecule has 130 valence electrons. The van der Waals surface area contributed by atoms with E-state index in [1.165, 1.54) is 25.7 Å². The summed E-state index contributed by atoms with van der Waals surface area (Å²) in [4.78, 5) is 26.7. The predicted octanol–water partition coefficient (Wildman–Crippen LogP) is 2.72. The number of halogens is 1. The molecule has 1 heterocycles. The zero-order valence-electron chi connectivity index (χ0n) is 14.0. The molecule has 1 atom stereocenters. The lowest BCUT2D eigenvalue weighted by molar-refractivity contribution is -0.136. The number of benzene rings is 1. The molecule has 2 fully saturated rings. The first-order chi connectivity index (χ1) is 11.5. The molecule has 1 aromatic rings. The van der Waals surface area contributed by atoms with Gasteiger partial charge in [-0.2, -0.15) is 0 Å². The predicted molar refractivity (Wildman–Crippen MR) is 95.2 cm³/mol. The Bertz CT molecular complexity index is 629. The van der Waals surface area contributed by atoms with E-state index < -0.39 is 11.8 Å². The highest BCUT2D eigenvalue weighted by atomic mass is 35.5. The van der Waals surface area contributed by atoms with E-state index in [4.69, 9.17) is 11.6 Å². The maximum atomic E-state index is 12.1. The Balaban J connectivity index is 1.50. The van der Waals surface area contributed by atoms with Crippen molar-refractivity contribution in [1.29, 1.82) is 0 Å². The van der Waals surface area contributed by atoms with Crippen LogP contribution in [0.25, 0.3) is 0 Å². The molecule has 2 aliphatic rings. The minimum absolute atomic E-state index is 0.0650.